The SMILES string of the molecule is Cc1ccccc1S(N)(=O)=NC(=O)[C@H](CC(C)C)NC(=O)OC(C)(C)C. The second kappa shape index (κ2) is 8.64. The van der Waals surface area contributed by atoms with E-state index >= 15 is 0 Å². The van der Waals surface area contributed by atoms with Crippen molar-refractivity contribution in [1.29, 1.82) is 0 Å². The average molecular weight is 384 g/mol. The van der Waals surface area contributed by atoms with Gasteiger partial charge in [0.25, 0.3) is 5.91 Å². The third-order valence-electron chi connectivity index (χ3n) is 3.33. The molecule has 0 spiro atoms. The van der Waals surface area contributed by atoms with Crippen molar-refractivity contribution in [2.75, 3.05) is 0 Å². The number of hydrogen-bond donors (Lipinski definition) is 2. The molecule has 0 heterocycles. The summed E-state index contributed by atoms with van der Waals surface area (Å²) in [7, 11) is -3.41. The van der Waals surface area contributed by atoms with E-state index in [1.54, 1.807) is 52.0 Å². The van der Waals surface area contributed by atoms with E-state index in [0.29, 0.717) is 16.9 Å². The fourth-order valence-corrected chi connectivity index (χ4v) is 3.57. The minimum absolute atomic E-state index is 0.0985. The molecule has 0 bridgehead atoms. The molecule has 146 valence electrons. The Balaban J connectivity index is 3.11. The lowest BCUT2D eigenvalue weighted by Crippen LogP contribution is -2.44. The number of carbonyl (C=O) groups excluding carboxylic acids is 2. The molecular formula is C18H29N3O4S. The molecule has 0 aromatic heterocycles. The molecule has 0 fully saturated rings. The second-order valence-electron chi connectivity index (χ2n) is 7.59. The number of nitrogens with one attached hydrogen (secondary N) is 1. The molecule has 3 N–H and O–H groups in total. The van der Waals surface area contributed by atoms with E-state index in [2.05, 4.69) is 9.68 Å². The molecule has 0 aliphatic rings. The second-order valence-corrected chi connectivity index (χ2v) is 9.35. The summed E-state index contributed by atoms with van der Waals surface area (Å²) in [5.41, 5.74) is -0.0214. The van der Waals surface area contributed by atoms with E-state index in [0.717, 1.165) is 0 Å². The molecule has 1 aromatic rings. The first-order valence-electron chi connectivity index (χ1n) is 8.46. The van der Waals surface area contributed by atoms with Crippen LogP contribution in [-0.4, -0.2) is 27.9 Å². The summed E-state index contributed by atoms with van der Waals surface area (Å²) in [5.74, 6) is -0.637. The molecule has 8 heteroatoms. The van der Waals surface area contributed by atoms with Crippen LogP contribution in [0.4, 0.5) is 4.79 Å². The molecule has 1 unspecified atom stereocenters. The summed E-state index contributed by atoms with van der Waals surface area (Å²) in [6.45, 7) is 10.7. The highest BCUT2D eigenvalue weighted by Crippen LogP contribution is 2.16. The van der Waals surface area contributed by atoms with Gasteiger partial charge in [0.15, 0.2) is 0 Å². The van der Waals surface area contributed by atoms with Crippen molar-refractivity contribution in [1.82, 2.24) is 5.32 Å². The van der Waals surface area contributed by atoms with Gasteiger partial charge in [0.05, 0.1) is 4.90 Å². The number of amides is 2. The smallest absolute Gasteiger partial charge is 0.408 e. The van der Waals surface area contributed by atoms with E-state index in [4.69, 9.17) is 9.88 Å². The van der Waals surface area contributed by atoms with E-state index in [9.17, 15) is 13.8 Å². The largest absolute Gasteiger partial charge is 0.444 e. The topological polar surface area (TPSA) is 111 Å². The number of aryl methyl sites for hydroxylation is 1. The van der Waals surface area contributed by atoms with Gasteiger partial charge in [0.1, 0.15) is 21.6 Å². The minimum atomic E-state index is -3.41. The molecule has 2 atom stereocenters. The highest BCUT2D eigenvalue weighted by molar-refractivity contribution is 7.91. The Morgan fingerprint density at radius 1 is 1.27 bits per heavy atom. The molecule has 0 saturated heterocycles. The van der Waals surface area contributed by atoms with E-state index in [1.165, 1.54) is 0 Å². The Morgan fingerprint density at radius 2 is 1.85 bits per heavy atom. The van der Waals surface area contributed by atoms with Crippen LogP contribution in [0.25, 0.3) is 0 Å². The van der Waals surface area contributed by atoms with E-state index < -0.39 is 33.6 Å². The van der Waals surface area contributed by atoms with Gasteiger partial charge in [0, 0.05) is 0 Å². The number of alkyl carbamates (subject to hydrolysis) is 1. The third-order valence-corrected chi connectivity index (χ3v) is 4.87. The first kappa shape index (κ1) is 22.1. The highest BCUT2D eigenvalue weighted by Gasteiger charge is 2.26. The van der Waals surface area contributed by atoms with Crippen LogP contribution in [0.15, 0.2) is 33.5 Å². The molecule has 0 radical (unpaired) electrons. The lowest BCUT2D eigenvalue weighted by atomic mass is 10.0. The summed E-state index contributed by atoms with van der Waals surface area (Å²) in [5, 5.41) is 8.35. The van der Waals surface area contributed by atoms with Gasteiger partial charge in [-0.3, -0.25) is 4.79 Å². The van der Waals surface area contributed by atoms with Gasteiger partial charge >= 0.3 is 6.09 Å². The number of benzene rings is 1. The van der Waals surface area contributed by atoms with Crippen molar-refractivity contribution < 1.29 is 18.5 Å². The highest BCUT2D eigenvalue weighted by atomic mass is 32.2. The van der Waals surface area contributed by atoms with E-state index in [-0.39, 0.29) is 5.92 Å². The number of hydrogen-bond acceptors (Lipinski definition) is 4. The van der Waals surface area contributed by atoms with Crippen LogP contribution >= 0.6 is 0 Å². The quantitative estimate of drug-likeness (QED) is 0.813. The Morgan fingerprint density at radius 3 is 2.35 bits per heavy atom. The first-order chi connectivity index (χ1) is 11.8. The molecule has 26 heavy (non-hydrogen) atoms. The summed E-state index contributed by atoms with van der Waals surface area (Å²) < 4.78 is 21.7. The van der Waals surface area contributed by atoms with E-state index in [1.807, 2.05) is 13.8 Å². The predicted octanol–water partition coefficient (Wildman–Crippen LogP) is 3.16. The van der Waals surface area contributed by atoms with Crippen LogP contribution in [-0.2, 0) is 19.4 Å². The number of nitrogens with two attached hydrogens (primary N) is 1. The zero-order valence-electron chi connectivity index (χ0n) is 16.2. The maximum Gasteiger partial charge on any atom is 0.408 e. The monoisotopic (exact) mass is 383 g/mol. The fraction of sp³-hybridized carbons (Fsp3) is 0.556. The molecule has 0 aliphatic carbocycles. The van der Waals surface area contributed by atoms with Crippen molar-refractivity contribution in [3.63, 3.8) is 0 Å². The normalized spacial score (nSPS) is 15.1. The van der Waals surface area contributed by atoms with Gasteiger partial charge in [-0.1, -0.05) is 32.0 Å². The molecule has 0 saturated carbocycles. The lowest BCUT2D eigenvalue weighted by molar-refractivity contribution is -0.120. The Hall–Kier alpha value is -1.93. The van der Waals surface area contributed by atoms with Crippen LogP contribution in [0.5, 0.6) is 0 Å². The number of ether oxygens (including phenoxy) is 1. The summed E-state index contributed by atoms with van der Waals surface area (Å²) >= 11 is 0. The van der Waals surface area contributed by atoms with Crippen LogP contribution in [0.2, 0.25) is 0 Å². The van der Waals surface area contributed by atoms with Gasteiger partial charge in [-0.05, 0) is 51.7 Å². The summed E-state index contributed by atoms with van der Waals surface area (Å²) in [4.78, 5) is 24.9. The molecule has 0 aliphatic heterocycles. The summed E-state index contributed by atoms with van der Waals surface area (Å²) in [6.07, 6.45) is -0.406. The summed E-state index contributed by atoms with van der Waals surface area (Å²) in [6, 6.07) is 5.82. The molecular weight excluding hydrogens is 354 g/mol. The van der Waals surface area contributed by atoms with Crippen LogP contribution in [0.3, 0.4) is 0 Å². The Labute approximate surface area is 156 Å². The maximum atomic E-state index is 12.8. The van der Waals surface area contributed by atoms with Gasteiger partial charge in [-0.25, -0.2) is 14.1 Å². The molecule has 1 rings (SSSR count). The molecule has 2 amide bonds. The Bertz CT molecular complexity index is 775. The van der Waals surface area contributed by atoms with Gasteiger partial charge in [-0.2, -0.15) is 0 Å². The van der Waals surface area contributed by atoms with Crippen molar-refractivity contribution >= 4 is 21.9 Å². The van der Waals surface area contributed by atoms with Gasteiger partial charge < -0.3 is 10.1 Å². The zero-order chi connectivity index (χ0) is 20.1. The van der Waals surface area contributed by atoms with Gasteiger partial charge in [-0.15, -0.1) is 4.36 Å². The van der Waals surface area contributed by atoms with Crippen LogP contribution in [0, 0.1) is 12.8 Å². The standard InChI is InChI=1S/C18H29N3O4S/c1-12(2)11-14(20-17(23)25-18(4,5)6)16(22)21-26(19,24)15-10-8-7-9-13(15)3/h7-10,12,14H,11H2,1-6H3,(H,20,23)(H2,19,21,22,24)/t14-,26?/m0/s1. The maximum absolute atomic E-state index is 12.8. The number of nitrogens with zero attached hydrogens (tertiary/aromatic N) is 1. The lowest BCUT2D eigenvalue weighted by Gasteiger charge is -2.23. The Kier molecular flexibility index (Phi) is 7.35. The molecule has 7 nitrogen and oxygen atoms in total. The third kappa shape index (κ3) is 7.13. The first-order valence-corrected chi connectivity index (χ1v) is 10.0. The minimum Gasteiger partial charge on any atom is -0.444 e. The van der Waals surface area contributed by atoms with Gasteiger partial charge in [0.2, 0.25) is 0 Å². The van der Waals surface area contributed by atoms with Crippen molar-refractivity contribution in [3.8, 4) is 0 Å². The number of rotatable bonds is 5. The van der Waals surface area contributed by atoms with Crippen molar-refractivity contribution in [3.05, 3.63) is 29.8 Å². The predicted molar refractivity (Wildman–Crippen MR) is 102 cm³/mol. The van der Waals surface area contributed by atoms with Crippen LogP contribution < -0.4 is 10.5 Å². The zero-order valence-corrected chi connectivity index (χ0v) is 17.1. The number of carbonyl (C=O) groups is 2. The van der Waals surface area contributed by atoms with Crippen molar-refractivity contribution in [2.45, 2.75) is 64.5 Å². The molecule has 1 aromatic carbocycles. The van der Waals surface area contributed by atoms with Crippen LogP contribution in [0.1, 0.15) is 46.6 Å². The fourth-order valence-electron chi connectivity index (χ4n) is 2.27. The van der Waals surface area contributed by atoms with Crippen molar-refractivity contribution in [2.24, 2.45) is 15.4 Å². The average Bonchev–Trinajstić information content (AvgIpc) is 2.43.